The molecule has 0 aliphatic carbocycles. The molecule has 7 heteroatoms. The molecule has 0 saturated carbocycles. The lowest BCUT2D eigenvalue weighted by atomic mass is 10.1. The third kappa shape index (κ3) is 2.56. The van der Waals surface area contributed by atoms with E-state index in [-0.39, 0.29) is 22.4 Å². The number of nitro benzene ring substituents is 1. The zero-order chi connectivity index (χ0) is 12.3. The molecule has 0 amide bonds. The van der Waals surface area contributed by atoms with Gasteiger partial charge in [0.1, 0.15) is 0 Å². The van der Waals surface area contributed by atoms with E-state index in [1.54, 1.807) is 7.05 Å². The van der Waals surface area contributed by atoms with E-state index >= 15 is 0 Å². The predicted octanol–water partition coefficient (Wildman–Crippen LogP) is 1.46. The fraction of sp³-hybridized carbons (Fsp3) is 0.222. The number of benzene rings is 1. The maximum atomic E-state index is 11.5. The van der Waals surface area contributed by atoms with E-state index in [9.17, 15) is 20.0 Å². The van der Waals surface area contributed by atoms with E-state index in [1.807, 2.05) is 0 Å². The van der Waals surface area contributed by atoms with Crippen molar-refractivity contribution >= 4 is 27.4 Å². The first kappa shape index (κ1) is 12.6. The van der Waals surface area contributed by atoms with Crippen LogP contribution in [-0.2, 0) is 0 Å². The van der Waals surface area contributed by atoms with Crippen LogP contribution in [0.4, 0.5) is 5.69 Å². The minimum Gasteiger partial charge on any atom is -0.501 e. The van der Waals surface area contributed by atoms with Crippen LogP contribution >= 0.6 is 15.9 Å². The van der Waals surface area contributed by atoms with Crippen LogP contribution in [-0.4, -0.2) is 29.4 Å². The molecule has 6 nitrogen and oxygen atoms in total. The molecule has 0 radical (unpaired) electrons. The van der Waals surface area contributed by atoms with E-state index in [4.69, 9.17) is 0 Å². The first-order chi connectivity index (χ1) is 7.47. The maximum absolute atomic E-state index is 11.5. The summed E-state index contributed by atoms with van der Waals surface area (Å²) in [7, 11) is 1.60. The van der Waals surface area contributed by atoms with E-state index in [0.29, 0.717) is 0 Å². The highest BCUT2D eigenvalue weighted by atomic mass is 79.9. The van der Waals surface area contributed by atoms with Crippen molar-refractivity contribution in [3.05, 3.63) is 32.3 Å². The Kier molecular flexibility index (Phi) is 3.97. The van der Waals surface area contributed by atoms with Crippen molar-refractivity contribution in [2.75, 3.05) is 13.6 Å². The van der Waals surface area contributed by atoms with Crippen molar-refractivity contribution in [3.63, 3.8) is 0 Å². The van der Waals surface area contributed by atoms with Crippen molar-refractivity contribution in [2.24, 2.45) is 0 Å². The van der Waals surface area contributed by atoms with E-state index in [1.165, 1.54) is 6.07 Å². The Morgan fingerprint density at radius 1 is 1.62 bits per heavy atom. The molecule has 0 aliphatic heterocycles. The number of hydrogen-bond acceptors (Lipinski definition) is 5. The number of nitrogens with zero attached hydrogens (tertiary/aromatic N) is 1. The van der Waals surface area contributed by atoms with Crippen molar-refractivity contribution in [1.82, 2.24) is 5.32 Å². The van der Waals surface area contributed by atoms with E-state index in [2.05, 4.69) is 21.2 Å². The molecule has 1 aromatic carbocycles. The van der Waals surface area contributed by atoms with Crippen molar-refractivity contribution in [1.29, 1.82) is 0 Å². The van der Waals surface area contributed by atoms with Crippen LogP contribution in [0, 0.1) is 10.1 Å². The van der Waals surface area contributed by atoms with Gasteiger partial charge in [0.15, 0.2) is 5.78 Å². The number of phenols is 1. The SMILES string of the molecule is CNCC(=O)c1cc(Br)c(O)c([N+](=O)[O-])c1. The Morgan fingerprint density at radius 3 is 2.75 bits per heavy atom. The summed E-state index contributed by atoms with van der Waals surface area (Å²) < 4.78 is 0.126. The van der Waals surface area contributed by atoms with Gasteiger partial charge >= 0.3 is 5.69 Å². The Morgan fingerprint density at radius 2 is 2.25 bits per heavy atom. The molecule has 0 atom stereocenters. The summed E-state index contributed by atoms with van der Waals surface area (Å²) in [6.07, 6.45) is 0. The molecule has 0 aromatic heterocycles. The highest BCUT2D eigenvalue weighted by molar-refractivity contribution is 9.10. The van der Waals surface area contributed by atoms with Crippen molar-refractivity contribution < 1.29 is 14.8 Å². The summed E-state index contributed by atoms with van der Waals surface area (Å²) >= 11 is 2.96. The number of carbonyl (C=O) groups is 1. The maximum Gasteiger partial charge on any atom is 0.312 e. The molecule has 1 rings (SSSR count). The number of likely N-dealkylation sites (N-methyl/N-ethyl adjacent to an activating group) is 1. The number of Topliss-reactive ketones (excluding diaryl/α,β-unsaturated/α-hetero) is 1. The predicted molar refractivity (Wildman–Crippen MR) is 60.7 cm³/mol. The molecule has 16 heavy (non-hydrogen) atoms. The highest BCUT2D eigenvalue weighted by Gasteiger charge is 2.20. The summed E-state index contributed by atoms with van der Waals surface area (Å²) in [4.78, 5) is 21.4. The Balaban J connectivity index is 3.24. The summed E-state index contributed by atoms with van der Waals surface area (Å²) in [5.41, 5.74) is -0.320. The highest BCUT2D eigenvalue weighted by Crippen LogP contribution is 2.34. The van der Waals surface area contributed by atoms with Crippen LogP contribution in [0.2, 0.25) is 0 Å². The lowest BCUT2D eigenvalue weighted by Crippen LogP contribution is -2.18. The first-order valence-electron chi connectivity index (χ1n) is 4.32. The average Bonchev–Trinajstić information content (AvgIpc) is 2.21. The quantitative estimate of drug-likeness (QED) is 0.497. The third-order valence-corrected chi connectivity index (χ3v) is 2.50. The van der Waals surface area contributed by atoms with Gasteiger partial charge < -0.3 is 10.4 Å². The molecule has 1 aromatic rings. The number of rotatable bonds is 4. The fourth-order valence-corrected chi connectivity index (χ4v) is 1.60. The summed E-state index contributed by atoms with van der Waals surface area (Å²) in [5.74, 6) is -0.766. The second-order valence-corrected chi connectivity index (χ2v) is 3.89. The Bertz CT molecular complexity index is 447. The van der Waals surface area contributed by atoms with Gasteiger partial charge in [-0.3, -0.25) is 14.9 Å². The lowest BCUT2D eigenvalue weighted by molar-refractivity contribution is -0.386. The molecule has 0 aliphatic rings. The number of halogens is 1. The van der Waals surface area contributed by atoms with Gasteiger partial charge in [0.25, 0.3) is 0 Å². The lowest BCUT2D eigenvalue weighted by Gasteiger charge is -2.03. The minimum atomic E-state index is -0.740. The van der Waals surface area contributed by atoms with Gasteiger partial charge in [-0.1, -0.05) is 0 Å². The van der Waals surface area contributed by atoms with E-state index in [0.717, 1.165) is 6.07 Å². The number of aromatic hydroxyl groups is 1. The third-order valence-electron chi connectivity index (χ3n) is 1.90. The van der Waals surface area contributed by atoms with Crippen LogP contribution in [0.15, 0.2) is 16.6 Å². The fourth-order valence-electron chi connectivity index (χ4n) is 1.15. The van der Waals surface area contributed by atoms with Crippen LogP contribution in [0.5, 0.6) is 5.75 Å². The molecule has 0 unspecified atom stereocenters. The summed E-state index contributed by atoms with van der Waals surface area (Å²) in [6.45, 7) is 0.0777. The van der Waals surface area contributed by atoms with Gasteiger partial charge in [-0.25, -0.2) is 0 Å². The number of nitro groups is 1. The standard InChI is InChI=1S/C9H9BrN2O4/c1-11-4-8(13)5-2-6(10)9(14)7(3-5)12(15)16/h2-3,11,14H,4H2,1H3. The van der Waals surface area contributed by atoms with Gasteiger partial charge in [-0.05, 0) is 29.0 Å². The molecule has 0 spiro atoms. The molecular weight excluding hydrogens is 280 g/mol. The van der Waals surface area contributed by atoms with Crippen LogP contribution < -0.4 is 5.32 Å². The molecular formula is C9H9BrN2O4. The second-order valence-electron chi connectivity index (χ2n) is 3.04. The van der Waals surface area contributed by atoms with Crippen LogP contribution in [0.1, 0.15) is 10.4 Å². The average molecular weight is 289 g/mol. The molecule has 0 saturated heterocycles. The summed E-state index contributed by atoms with van der Waals surface area (Å²) in [5, 5.41) is 22.6. The molecule has 0 heterocycles. The van der Waals surface area contributed by atoms with Gasteiger partial charge in [0, 0.05) is 11.6 Å². The van der Waals surface area contributed by atoms with Gasteiger partial charge in [-0.2, -0.15) is 0 Å². The molecule has 86 valence electrons. The van der Waals surface area contributed by atoms with Gasteiger partial charge in [-0.15, -0.1) is 0 Å². The van der Waals surface area contributed by atoms with E-state index < -0.39 is 16.4 Å². The van der Waals surface area contributed by atoms with Crippen molar-refractivity contribution in [2.45, 2.75) is 0 Å². The zero-order valence-electron chi connectivity index (χ0n) is 8.36. The van der Waals surface area contributed by atoms with Gasteiger partial charge in [0.05, 0.1) is 15.9 Å². The number of nitrogens with one attached hydrogen (secondary N) is 1. The normalized spacial score (nSPS) is 10.1. The van der Waals surface area contributed by atoms with Gasteiger partial charge in [0.2, 0.25) is 5.75 Å². The smallest absolute Gasteiger partial charge is 0.312 e. The number of ketones is 1. The minimum absolute atomic E-state index is 0.0777. The first-order valence-corrected chi connectivity index (χ1v) is 5.11. The molecule has 2 N–H and O–H groups in total. The van der Waals surface area contributed by atoms with Crippen molar-refractivity contribution in [3.8, 4) is 5.75 Å². The summed E-state index contributed by atoms with van der Waals surface area (Å²) in [6, 6.07) is 2.40. The largest absolute Gasteiger partial charge is 0.501 e. The monoisotopic (exact) mass is 288 g/mol. The van der Waals surface area contributed by atoms with Crippen LogP contribution in [0.25, 0.3) is 0 Å². The topological polar surface area (TPSA) is 92.5 Å². The Labute approximate surface area is 99.6 Å². The number of hydrogen-bond donors (Lipinski definition) is 2. The molecule has 0 fully saturated rings. The Hall–Kier alpha value is -1.47. The zero-order valence-corrected chi connectivity index (χ0v) is 9.94. The second kappa shape index (κ2) is 5.04. The molecule has 0 bridgehead atoms. The number of carbonyl (C=O) groups excluding carboxylic acids is 1. The number of phenolic OH excluding ortho intramolecular Hbond substituents is 1. The van der Waals surface area contributed by atoms with Crippen LogP contribution in [0.3, 0.4) is 0 Å².